The summed E-state index contributed by atoms with van der Waals surface area (Å²) >= 11 is 0. The molecule has 0 fully saturated rings. The smallest absolute Gasteiger partial charge is 0.128 e. The van der Waals surface area contributed by atoms with E-state index in [1.165, 1.54) is 0 Å². The number of hydrogen-bond donors (Lipinski definition) is 1. The van der Waals surface area contributed by atoms with Crippen LogP contribution in [0.5, 0.6) is 5.75 Å². The van der Waals surface area contributed by atoms with Gasteiger partial charge >= 0.3 is 0 Å². The third kappa shape index (κ3) is 1.45. The maximum absolute atomic E-state index is 10.2. The van der Waals surface area contributed by atoms with Gasteiger partial charge in [0.1, 0.15) is 5.75 Å². The highest BCUT2D eigenvalue weighted by atomic mass is 16.3. The van der Waals surface area contributed by atoms with E-state index in [0.29, 0.717) is 5.75 Å². The van der Waals surface area contributed by atoms with Crippen LogP contribution in [0, 0.1) is 13.8 Å². The highest BCUT2D eigenvalue weighted by Gasteiger charge is 2.08. The van der Waals surface area contributed by atoms with Crippen molar-refractivity contribution in [3.63, 3.8) is 0 Å². The predicted octanol–water partition coefficient (Wildman–Crippen LogP) is 3.71. The van der Waals surface area contributed by atoms with E-state index in [1.54, 1.807) is 0 Å². The molecule has 0 atom stereocenters. The predicted molar refractivity (Wildman–Crippen MR) is 70.4 cm³/mol. The molecule has 0 aliphatic heterocycles. The normalized spacial score (nSPS) is 11.2. The fraction of sp³-hybridized carbons (Fsp3) is 0.133. The van der Waals surface area contributed by atoms with Crippen molar-refractivity contribution >= 4 is 21.8 Å². The fourth-order valence-electron chi connectivity index (χ4n) is 2.13. The number of rotatable bonds is 0. The molecule has 0 saturated carbocycles. The van der Waals surface area contributed by atoms with Gasteiger partial charge in [-0.3, -0.25) is 0 Å². The molecule has 1 heterocycles. The van der Waals surface area contributed by atoms with E-state index in [4.69, 9.17) is 0 Å². The highest BCUT2D eigenvalue weighted by Crippen LogP contribution is 2.31. The summed E-state index contributed by atoms with van der Waals surface area (Å²) in [4.78, 5) is 4.58. The van der Waals surface area contributed by atoms with Crippen LogP contribution in [0.25, 0.3) is 21.8 Å². The minimum Gasteiger partial charge on any atom is -0.507 e. The number of para-hydroxylation sites is 1. The number of hydrogen-bond acceptors (Lipinski definition) is 2. The molecule has 1 aromatic heterocycles. The molecule has 0 amide bonds. The fourth-order valence-corrected chi connectivity index (χ4v) is 2.13. The minimum absolute atomic E-state index is 0.346. The van der Waals surface area contributed by atoms with E-state index in [-0.39, 0.29) is 0 Å². The molecule has 1 N–H and O–H groups in total. The zero-order valence-electron chi connectivity index (χ0n) is 9.86. The number of aromatic nitrogens is 1. The van der Waals surface area contributed by atoms with E-state index in [9.17, 15) is 5.11 Å². The quantitative estimate of drug-likeness (QED) is 0.589. The summed E-state index contributed by atoms with van der Waals surface area (Å²) in [6.07, 6.45) is 0. The zero-order chi connectivity index (χ0) is 12.0. The molecule has 0 aliphatic carbocycles. The molecule has 0 spiro atoms. The van der Waals surface area contributed by atoms with Crippen LogP contribution < -0.4 is 0 Å². The summed E-state index contributed by atoms with van der Waals surface area (Å²) in [5.74, 6) is 0.346. The first-order chi connectivity index (χ1) is 8.16. The molecule has 0 bridgehead atoms. The van der Waals surface area contributed by atoms with Crippen LogP contribution in [-0.2, 0) is 0 Å². The number of nitrogens with zero attached hydrogens (tertiary/aromatic N) is 1. The van der Waals surface area contributed by atoms with Gasteiger partial charge in [-0.25, -0.2) is 4.98 Å². The highest BCUT2D eigenvalue weighted by molar-refractivity contribution is 5.96. The van der Waals surface area contributed by atoms with Crippen LogP contribution in [0.4, 0.5) is 0 Å². The van der Waals surface area contributed by atoms with Crippen LogP contribution in [0.1, 0.15) is 11.1 Å². The van der Waals surface area contributed by atoms with E-state index in [0.717, 1.165) is 32.9 Å². The summed E-state index contributed by atoms with van der Waals surface area (Å²) in [6.45, 7) is 3.92. The number of benzene rings is 2. The van der Waals surface area contributed by atoms with Gasteiger partial charge in [0.15, 0.2) is 0 Å². The molecular formula is C15H13NO. The summed E-state index contributed by atoms with van der Waals surface area (Å²) in [6, 6.07) is 12.0. The first-order valence-corrected chi connectivity index (χ1v) is 5.65. The number of phenols is 1. The average molecular weight is 223 g/mol. The van der Waals surface area contributed by atoms with Gasteiger partial charge in [0.05, 0.1) is 11.0 Å². The molecule has 3 rings (SSSR count). The Morgan fingerprint density at radius 1 is 1.00 bits per heavy atom. The van der Waals surface area contributed by atoms with E-state index in [2.05, 4.69) is 4.98 Å². The van der Waals surface area contributed by atoms with Crippen LogP contribution in [-0.4, -0.2) is 10.1 Å². The Morgan fingerprint density at radius 3 is 2.59 bits per heavy atom. The van der Waals surface area contributed by atoms with E-state index >= 15 is 0 Å². The van der Waals surface area contributed by atoms with Gasteiger partial charge in [0, 0.05) is 10.8 Å². The lowest BCUT2D eigenvalue weighted by atomic mass is 10.0. The number of pyridine rings is 1. The first kappa shape index (κ1) is 10.1. The lowest BCUT2D eigenvalue weighted by Gasteiger charge is -2.08. The van der Waals surface area contributed by atoms with Gasteiger partial charge in [-0.1, -0.05) is 18.2 Å². The summed E-state index contributed by atoms with van der Waals surface area (Å²) < 4.78 is 0. The summed E-state index contributed by atoms with van der Waals surface area (Å²) in [7, 11) is 0. The Bertz CT molecular complexity index is 732. The van der Waals surface area contributed by atoms with Crippen molar-refractivity contribution in [1.29, 1.82) is 0 Å². The monoisotopic (exact) mass is 223 g/mol. The van der Waals surface area contributed by atoms with Gasteiger partial charge in [-0.05, 0) is 43.2 Å². The van der Waals surface area contributed by atoms with Gasteiger partial charge in [0.25, 0.3) is 0 Å². The van der Waals surface area contributed by atoms with Gasteiger partial charge in [-0.2, -0.15) is 0 Å². The van der Waals surface area contributed by atoms with Crippen LogP contribution >= 0.6 is 0 Å². The van der Waals surface area contributed by atoms with Crippen LogP contribution in [0.3, 0.4) is 0 Å². The molecule has 0 radical (unpaired) electrons. The third-order valence-electron chi connectivity index (χ3n) is 3.31. The molecule has 84 valence electrons. The van der Waals surface area contributed by atoms with Gasteiger partial charge in [0.2, 0.25) is 0 Å². The molecule has 0 saturated heterocycles. The summed E-state index contributed by atoms with van der Waals surface area (Å²) in [5, 5.41) is 12.0. The number of aryl methyl sites for hydroxylation is 1. The molecule has 2 aromatic carbocycles. The Labute approximate surface area is 99.5 Å². The Hall–Kier alpha value is -2.09. The third-order valence-corrected chi connectivity index (χ3v) is 3.31. The molecule has 17 heavy (non-hydrogen) atoms. The topological polar surface area (TPSA) is 33.1 Å². The molecule has 2 heteroatoms. The lowest BCUT2D eigenvalue weighted by Crippen LogP contribution is -1.88. The van der Waals surface area contributed by atoms with Crippen LogP contribution in [0.2, 0.25) is 0 Å². The number of fused-ring (bicyclic) bond motifs is 2. The standard InChI is InChI=1S/C15H13NO/c1-9-7-14-12(15(17)10(9)2)8-11-5-3-4-6-13(11)16-14/h3-8,17H,1-2H3. The van der Waals surface area contributed by atoms with Crippen LogP contribution in [0.15, 0.2) is 36.4 Å². The van der Waals surface area contributed by atoms with Crippen molar-refractivity contribution in [2.75, 3.05) is 0 Å². The van der Waals surface area contributed by atoms with Gasteiger partial charge < -0.3 is 5.11 Å². The second kappa shape index (κ2) is 3.45. The summed E-state index contributed by atoms with van der Waals surface area (Å²) in [5.41, 5.74) is 3.80. The Morgan fingerprint density at radius 2 is 1.76 bits per heavy atom. The van der Waals surface area contributed by atoms with Crippen molar-refractivity contribution in [2.24, 2.45) is 0 Å². The van der Waals surface area contributed by atoms with Crippen molar-refractivity contribution in [1.82, 2.24) is 4.98 Å². The molecule has 2 nitrogen and oxygen atoms in total. The molecule has 3 aromatic rings. The van der Waals surface area contributed by atoms with Crippen molar-refractivity contribution < 1.29 is 5.11 Å². The van der Waals surface area contributed by atoms with Crippen molar-refractivity contribution in [3.8, 4) is 5.75 Å². The number of aromatic hydroxyl groups is 1. The Kier molecular flexibility index (Phi) is 2.05. The lowest BCUT2D eigenvalue weighted by molar-refractivity contribution is 0.477. The molecular weight excluding hydrogens is 210 g/mol. The number of phenolic OH excluding ortho intramolecular Hbond substituents is 1. The molecule has 0 aliphatic rings. The maximum Gasteiger partial charge on any atom is 0.128 e. The largest absolute Gasteiger partial charge is 0.507 e. The van der Waals surface area contributed by atoms with Crippen molar-refractivity contribution in [3.05, 3.63) is 47.5 Å². The second-order valence-electron chi connectivity index (χ2n) is 4.41. The van der Waals surface area contributed by atoms with Gasteiger partial charge in [-0.15, -0.1) is 0 Å². The SMILES string of the molecule is Cc1cc2nc3ccccc3cc2c(O)c1C. The van der Waals surface area contributed by atoms with E-state index < -0.39 is 0 Å². The Balaban J connectivity index is 2.52. The minimum atomic E-state index is 0.346. The van der Waals surface area contributed by atoms with Crippen molar-refractivity contribution in [2.45, 2.75) is 13.8 Å². The van der Waals surface area contributed by atoms with E-state index in [1.807, 2.05) is 50.2 Å². The first-order valence-electron chi connectivity index (χ1n) is 5.65. The average Bonchev–Trinajstić information content (AvgIpc) is 2.34. The maximum atomic E-state index is 10.2. The molecule has 0 unspecified atom stereocenters. The zero-order valence-corrected chi connectivity index (χ0v) is 9.86. The second-order valence-corrected chi connectivity index (χ2v) is 4.41.